The van der Waals surface area contributed by atoms with E-state index in [1.54, 1.807) is 12.5 Å². The summed E-state index contributed by atoms with van der Waals surface area (Å²) in [6.45, 7) is 2.67. The lowest BCUT2D eigenvalue weighted by molar-refractivity contribution is 0.111. The highest BCUT2D eigenvalue weighted by Crippen LogP contribution is 2.19. The number of benzene rings is 1. The van der Waals surface area contributed by atoms with Crippen molar-refractivity contribution in [3.8, 4) is 0 Å². The molecule has 0 spiro atoms. The lowest BCUT2D eigenvalue weighted by Gasteiger charge is -2.08. The molecule has 0 bridgehead atoms. The number of fused-ring (bicyclic) bond motifs is 1. The van der Waals surface area contributed by atoms with Gasteiger partial charge in [-0.2, -0.15) is 0 Å². The van der Waals surface area contributed by atoms with Crippen molar-refractivity contribution in [3.05, 3.63) is 59.8 Å². The highest BCUT2D eigenvalue weighted by atomic mass is 16.1. The molecule has 0 atom stereocenters. The fraction of sp³-hybridized carbons (Fsp3) is 0.133. The molecule has 2 aromatic heterocycles. The molecule has 0 amide bonds. The van der Waals surface area contributed by atoms with Crippen LogP contribution in [-0.2, 0) is 6.54 Å². The summed E-state index contributed by atoms with van der Waals surface area (Å²) in [5, 5.41) is 1.13. The Labute approximate surface area is 110 Å². The van der Waals surface area contributed by atoms with Gasteiger partial charge in [-0.05, 0) is 24.6 Å². The number of hydrogen-bond acceptors (Lipinski definition) is 3. The van der Waals surface area contributed by atoms with E-state index in [-0.39, 0.29) is 0 Å². The van der Waals surface area contributed by atoms with Crippen molar-refractivity contribution in [2.24, 2.45) is 0 Å². The number of pyridine rings is 1. The van der Waals surface area contributed by atoms with Gasteiger partial charge in [0.15, 0.2) is 6.29 Å². The van der Waals surface area contributed by atoms with Crippen LogP contribution in [0.4, 0.5) is 0 Å². The molecule has 0 fully saturated rings. The van der Waals surface area contributed by atoms with E-state index in [1.807, 2.05) is 29.7 Å². The molecule has 0 N–H and O–H groups in total. The number of aryl methyl sites for hydroxylation is 1. The molecule has 19 heavy (non-hydrogen) atoms. The molecule has 0 aliphatic rings. The highest BCUT2D eigenvalue weighted by Gasteiger charge is 2.05. The van der Waals surface area contributed by atoms with Gasteiger partial charge in [0.2, 0.25) is 0 Å². The van der Waals surface area contributed by atoms with Gasteiger partial charge in [0.25, 0.3) is 0 Å². The molecule has 2 heterocycles. The lowest BCUT2D eigenvalue weighted by atomic mass is 10.1. The fourth-order valence-corrected chi connectivity index (χ4v) is 2.25. The van der Waals surface area contributed by atoms with Crippen LogP contribution in [0, 0.1) is 6.92 Å². The van der Waals surface area contributed by atoms with Crippen molar-refractivity contribution in [3.63, 3.8) is 0 Å². The number of nitrogens with zero attached hydrogens (tertiary/aromatic N) is 3. The van der Waals surface area contributed by atoms with E-state index < -0.39 is 0 Å². The molecule has 0 saturated heterocycles. The number of carbonyl (C=O) groups is 1. The minimum Gasteiger partial charge on any atom is -0.332 e. The maximum Gasteiger partial charge on any atom is 0.169 e. The molecule has 0 aliphatic heterocycles. The number of para-hydroxylation sites is 1. The smallest absolute Gasteiger partial charge is 0.169 e. The lowest BCUT2D eigenvalue weighted by Crippen LogP contribution is -1.99. The first-order chi connectivity index (χ1) is 9.26. The van der Waals surface area contributed by atoms with Gasteiger partial charge in [-0.3, -0.25) is 9.78 Å². The monoisotopic (exact) mass is 251 g/mol. The zero-order valence-electron chi connectivity index (χ0n) is 10.6. The average molecular weight is 251 g/mol. The number of aromatic nitrogens is 3. The van der Waals surface area contributed by atoms with Gasteiger partial charge in [0.1, 0.15) is 5.69 Å². The maximum absolute atomic E-state index is 10.7. The summed E-state index contributed by atoms with van der Waals surface area (Å²) in [5.74, 6) is 0. The average Bonchev–Trinajstić information content (AvgIpc) is 2.86. The van der Waals surface area contributed by atoms with Crippen LogP contribution in [0.15, 0.2) is 42.9 Å². The predicted molar refractivity (Wildman–Crippen MR) is 73.2 cm³/mol. The number of carbonyl (C=O) groups excluding carboxylic acids is 1. The van der Waals surface area contributed by atoms with Crippen molar-refractivity contribution in [1.29, 1.82) is 0 Å². The van der Waals surface area contributed by atoms with Crippen LogP contribution in [-0.4, -0.2) is 20.8 Å². The molecular weight excluding hydrogens is 238 g/mol. The number of rotatable bonds is 3. The summed E-state index contributed by atoms with van der Waals surface area (Å²) in [4.78, 5) is 19.2. The molecule has 3 rings (SSSR count). The Morgan fingerprint density at radius 2 is 2.16 bits per heavy atom. The zero-order chi connectivity index (χ0) is 13.2. The van der Waals surface area contributed by atoms with Gasteiger partial charge in [0.05, 0.1) is 11.8 Å². The van der Waals surface area contributed by atoms with Gasteiger partial charge < -0.3 is 4.57 Å². The molecule has 0 radical (unpaired) electrons. The van der Waals surface area contributed by atoms with Crippen molar-refractivity contribution < 1.29 is 4.79 Å². The number of aldehydes is 1. The molecule has 94 valence electrons. The standard InChI is InChI=1S/C15H13N3O/c1-11-6-12(7-18-8-13(9-19)16-10-18)14-4-2-3-5-15(14)17-11/h2-6,8-10H,7H2,1H3. The Kier molecular flexibility index (Phi) is 2.83. The molecular formula is C15H13N3O. The molecule has 1 aromatic carbocycles. The number of imidazole rings is 1. The summed E-state index contributed by atoms with van der Waals surface area (Å²) in [6, 6.07) is 10.1. The maximum atomic E-state index is 10.7. The summed E-state index contributed by atoms with van der Waals surface area (Å²) in [7, 11) is 0. The van der Waals surface area contributed by atoms with Crippen LogP contribution in [0.1, 0.15) is 21.7 Å². The van der Waals surface area contributed by atoms with Crippen LogP contribution >= 0.6 is 0 Å². The van der Waals surface area contributed by atoms with Crippen LogP contribution < -0.4 is 0 Å². The predicted octanol–water partition coefficient (Wildman–Crippen LogP) is 2.60. The summed E-state index contributed by atoms with van der Waals surface area (Å²) in [6.07, 6.45) is 4.18. The van der Waals surface area contributed by atoms with E-state index in [2.05, 4.69) is 22.1 Å². The minimum absolute atomic E-state index is 0.454. The van der Waals surface area contributed by atoms with Crippen molar-refractivity contribution in [1.82, 2.24) is 14.5 Å². The van der Waals surface area contributed by atoms with E-state index in [1.165, 1.54) is 5.56 Å². The van der Waals surface area contributed by atoms with Crippen molar-refractivity contribution in [2.75, 3.05) is 0 Å². The fourth-order valence-electron chi connectivity index (χ4n) is 2.25. The van der Waals surface area contributed by atoms with Crippen LogP contribution in [0.2, 0.25) is 0 Å². The third-order valence-corrected chi connectivity index (χ3v) is 3.06. The van der Waals surface area contributed by atoms with Crippen molar-refractivity contribution in [2.45, 2.75) is 13.5 Å². The van der Waals surface area contributed by atoms with Gasteiger partial charge in [-0.25, -0.2) is 4.98 Å². The molecule has 0 aliphatic carbocycles. The molecule has 0 saturated carbocycles. The normalized spacial score (nSPS) is 10.8. The minimum atomic E-state index is 0.454. The van der Waals surface area contributed by atoms with Gasteiger partial charge >= 0.3 is 0 Å². The van der Waals surface area contributed by atoms with E-state index in [0.29, 0.717) is 12.2 Å². The summed E-state index contributed by atoms with van der Waals surface area (Å²) >= 11 is 0. The van der Waals surface area contributed by atoms with Gasteiger partial charge in [-0.15, -0.1) is 0 Å². The highest BCUT2D eigenvalue weighted by molar-refractivity contribution is 5.82. The summed E-state index contributed by atoms with van der Waals surface area (Å²) in [5.41, 5.74) is 3.62. The second-order valence-electron chi connectivity index (χ2n) is 4.53. The van der Waals surface area contributed by atoms with Crippen LogP contribution in [0.25, 0.3) is 10.9 Å². The third kappa shape index (κ3) is 2.25. The number of hydrogen-bond donors (Lipinski definition) is 0. The topological polar surface area (TPSA) is 47.8 Å². The molecule has 3 aromatic rings. The largest absolute Gasteiger partial charge is 0.332 e. The second kappa shape index (κ2) is 4.65. The van der Waals surface area contributed by atoms with E-state index in [0.717, 1.165) is 22.9 Å². The first kappa shape index (κ1) is 11.6. The first-order valence-corrected chi connectivity index (χ1v) is 6.08. The third-order valence-electron chi connectivity index (χ3n) is 3.06. The first-order valence-electron chi connectivity index (χ1n) is 6.08. The van der Waals surface area contributed by atoms with E-state index in [4.69, 9.17) is 0 Å². The SMILES string of the molecule is Cc1cc(Cn2cnc(C=O)c2)c2ccccc2n1. The van der Waals surface area contributed by atoms with Gasteiger partial charge in [0, 0.05) is 23.8 Å². The van der Waals surface area contributed by atoms with Gasteiger partial charge in [-0.1, -0.05) is 18.2 Å². The van der Waals surface area contributed by atoms with E-state index in [9.17, 15) is 4.79 Å². The van der Waals surface area contributed by atoms with Crippen molar-refractivity contribution >= 4 is 17.2 Å². The Morgan fingerprint density at radius 1 is 1.32 bits per heavy atom. The van der Waals surface area contributed by atoms with Crippen LogP contribution in [0.3, 0.4) is 0 Å². The molecule has 0 unspecified atom stereocenters. The Bertz CT molecular complexity index is 746. The van der Waals surface area contributed by atoms with E-state index >= 15 is 0 Å². The molecule has 4 heteroatoms. The Hall–Kier alpha value is -2.49. The Morgan fingerprint density at radius 3 is 2.95 bits per heavy atom. The zero-order valence-corrected chi connectivity index (χ0v) is 10.6. The summed E-state index contributed by atoms with van der Waals surface area (Å²) < 4.78 is 1.91. The second-order valence-corrected chi connectivity index (χ2v) is 4.53. The molecule has 4 nitrogen and oxygen atoms in total. The Balaban J connectivity index is 2.06. The quantitative estimate of drug-likeness (QED) is 0.672. The van der Waals surface area contributed by atoms with Crippen LogP contribution in [0.5, 0.6) is 0 Å².